The third kappa shape index (κ3) is 4.14. The second-order valence-electron chi connectivity index (χ2n) is 5.71. The quantitative estimate of drug-likeness (QED) is 0.497. The highest BCUT2D eigenvalue weighted by molar-refractivity contribution is 7.99. The van der Waals surface area contributed by atoms with Crippen LogP contribution in [0, 0.1) is 13.8 Å². The number of hydrogen-bond donors (Lipinski definition) is 1. The number of nitrogens with one attached hydrogen (secondary N) is 1. The molecule has 1 N–H and O–H groups in total. The Morgan fingerprint density at radius 2 is 1.69 bits per heavy atom. The van der Waals surface area contributed by atoms with Gasteiger partial charge in [-0.05, 0) is 37.6 Å². The Labute approximate surface area is 157 Å². The van der Waals surface area contributed by atoms with Crippen molar-refractivity contribution in [1.29, 1.82) is 0 Å². The van der Waals surface area contributed by atoms with E-state index >= 15 is 0 Å². The van der Waals surface area contributed by atoms with E-state index in [2.05, 4.69) is 14.9 Å². The topological polar surface area (TPSA) is 76.9 Å². The molecular weight excluding hydrogens is 368 g/mol. The summed E-state index contributed by atoms with van der Waals surface area (Å²) in [5.41, 5.74) is 2.16. The van der Waals surface area contributed by atoms with E-state index in [0.29, 0.717) is 12.3 Å². The number of nitrogens with zero attached hydrogens (tertiary/aromatic N) is 3. The maximum absolute atomic E-state index is 12.2. The van der Waals surface area contributed by atoms with Crippen LogP contribution in [0.3, 0.4) is 0 Å². The molecule has 0 aliphatic carbocycles. The second kappa shape index (κ2) is 8.03. The van der Waals surface area contributed by atoms with E-state index < -0.39 is 10.0 Å². The van der Waals surface area contributed by atoms with Crippen LogP contribution in [0.4, 0.5) is 0 Å². The van der Waals surface area contributed by atoms with Crippen molar-refractivity contribution in [2.24, 2.45) is 0 Å². The first-order chi connectivity index (χ1) is 12.5. The first-order valence-electron chi connectivity index (χ1n) is 8.14. The van der Waals surface area contributed by atoms with Crippen molar-refractivity contribution in [2.45, 2.75) is 23.9 Å². The fourth-order valence-electron chi connectivity index (χ4n) is 2.53. The summed E-state index contributed by atoms with van der Waals surface area (Å²) in [4.78, 5) is 0.268. The Kier molecular flexibility index (Phi) is 5.75. The Morgan fingerprint density at radius 1 is 1.00 bits per heavy atom. The van der Waals surface area contributed by atoms with Crippen LogP contribution in [-0.2, 0) is 10.0 Å². The van der Waals surface area contributed by atoms with Crippen LogP contribution in [0.1, 0.15) is 11.4 Å². The van der Waals surface area contributed by atoms with Gasteiger partial charge in [-0.25, -0.2) is 13.1 Å². The summed E-state index contributed by atoms with van der Waals surface area (Å²) in [5, 5.41) is 9.13. The van der Waals surface area contributed by atoms with Gasteiger partial charge >= 0.3 is 0 Å². The van der Waals surface area contributed by atoms with Crippen LogP contribution in [0.15, 0.2) is 64.6 Å². The number of rotatable bonds is 7. The van der Waals surface area contributed by atoms with Gasteiger partial charge in [-0.3, -0.25) is 4.57 Å². The van der Waals surface area contributed by atoms with Crippen LogP contribution in [0.5, 0.6) is 0 Å². The summed E-state index contributed by atoms with van der Waals surface area (Å²) < 4.78 is 29.1. The number of sulfonamides is 1. The molecule has 8 heteroatoms. The van der Waals surface area contributed by atoms with Crippen molar-refractivity contribution in [2.75, 3.05) is 12.3 Å². The van der Waals surface area contributed by atoms with Crippen molar-refractivity contribution in [3.05, 3.63) is 66.0 Å². The first-order valence-corrected chi connectivity index (χ1v) is 10.6. The number of hydrogen-bond acceptors (Lipinski definition) is 5. The molecule has 3 rings (SSSR count). The molecule has 0 atom stereocenters. The molecule has 0 saturated carbocycles. The predicted molar refractivity (Wildman–Crippen MR) is 103 cm³/mol. The highest BCUT2D eigenvalue weighted by atomic mass is 32.2. The third-order valence-electron chi connectivity index (χ3n) is 3.83. The molecule has 0 radical (unpaired) electrons. The van der Waals surface area contributed by atoms with Crippen LogP contribution < -0.4 is 4.72 Å². The Hall–Kier alpha value is -2.16. The molecule has 0 amide bonds. The summed E-state index contributed by atoms with van der Waals surface area (Å²) in [5.74, 6) is 1.35. The van der Waals surface area contributed by atoms with Crippen molar-refractivity contribution in [1.82, 2.24) is 19.5 Å². The number of thioether (sulfide) groups is 1. The predicted octanol–water partition coefficient (Wildman–Crippen LogP) is 2.95. The number of aryl methyl sites for hydroxylation is 2. The molecule has 136 valence electrons. The van der Waals surface area contributed by atoms with Crippen LogP contribution in [0.25, 0.3) is 5.69 Å². The summed E-state index contributed by atoms with van der Waals surface area (Å²) in [6.07, 6.45) is 0. The average Bonchev–Trinajstić information content (AvgIpc) is 3.00. The van der Waals surface area contributed by atoms with Gasteiger partial charge in [0.25, 0.3) is 0 Å². The van der Waals surface area contributed by atoms with Gasteiger partial charge in [0, 0.05) is 12.3 Å². The molecule has 0 bridgehead atoms. The number of benzene rings is 2. The fraction of sp³-hybridized carbons (Fsp3) is 0.222. The summed E-state index contributed by atoms with van der Waals surface area (Å²) >= 11 is 1.47. The normalized spacial score (nSPS) is 11.6. The molecule has 3 aromatic rings. The van der Waals surface area contributed by atoms with Gasteiger partial charge in [0.05, 0.1) is 10.6 Å². The van der Waals surface area contributed by atoms with Gasteiger partial charge in [-0.2, -0.15) is 0 Å². The largest absolute Gasteiger partial charge is 0.274 e. The van der Waals surface area contributed by atoms with Gasteiger partial charge in [-0.1, -0.05) is 48.2 Å². The Bertz CT molecular complexity index is 985. The molecule has 2 aromatic carbocycles. The van der Waals surface area contributed by atoms with Gasteiger partial charge < -0.3 is 0 Å². The summed E-state index contributed by atoms with van der Waals surface area (Å²) in [6.45, 7) is 4.25. The van der Waals surface area contributed by atoms with E-state index in [1.165, 1.54) is 11.8 Å². The maximum atomic E-state index is 12.2. The van der Waals surface area contributed by atoms with Gasteiger partial charge in [0.15, 0.2) is 5.16 Å². The molecule has 0 aliphatic heterocycles. The van der Waals surface area contributed by atoms with Crippen LogP contribution in [0.2, 0.25) is 0 Å². The molecule has 26 heavy (non-hydrogen) atoms. The fourth-order valence-corrected chi connectivity index (χ4v) is 4.56. The van der Waals surface area contributed by atoms with E-state index in [1.54, 1.807) is 30.3 Å². The van der Waals surface area contributed by atoms with Gasteiger partial charge in [0.2, 0.25) is 10.0 Å². The van der Waals surface area contributed by atoms with Gasteiger partial charge in [-0.15, -0.1) is 10.2 Å². The molecule has 0 fully saturated rings. The SMILES string of the molecule is Cc1ccccc1-n1c(C)nnc1SCCNS(=O)(=O)c1ccccc1. The average molecular weight is 389 g/mol. The standard InChI is InChI=1S/C18H20N4O2S2/c1-14-8-6-7-11-17(14)22-15(2)20-21-18(22)25-13-12-19-26(23,24)16-9-4-3-5-10-16/h3-11,19H,12-13H2,1-2H3. The van der Waals surface area contributed by atoms with E-state index in [1.807, 2.05) is 42.7 Å². The first kappa shape index (κ1) is 18.6. The lowest BCUT2D eigenvalue weighted by Gasteiger charge is -2.11. The zero-order valence-corrected chi connectivity index (χ0v) is 16.2. The Balaban J connectivity index is 1.66. The molecule has 6 nitrogen and oxygen atoms in total. The van der Waals surface area contributed by atoms with Crippen molar-refractivity contribution >= 4 is 21.8 Å². The van der Waals surface area contributed by atoms with Gasteiger partial charge in [0.1, 0.15) is 5.82 Å². The lowest BCUT2D eigenvalue weighted by Crippen LogP contribution is -2.26. The van der Waals surface area contributed by atoms with E-state index in [4.69, 9.17) is 0 Å². The highest BCUT2D eigenvalue weighted by Crippen LogP contribution is 2.23. The molecule has 0 spiro atoms. The summed E-state index contributed by atoms with van der Waals surface area (Å²) in [6, 6.07) is 16.4. The molecule has 0 unspecified atom stereocenters. The number of para-hydroxylation sites is 1. The lowest BCUT2D eigenvalue weighted by atomic mass is 10.2. The minimum atomic E-state index is -3.48. The van der Waals surface area contributed by atoms with Crippen LogP contribution >= 0.6 is 11.8 Å². The van der Waals surface area contributed by atoms with E-state index in [9.17, 15) is 8.42 Å². The molecule has 0 saturated heterocycles. The minimum Gasteiger partial charge on any atom is -0.274 e. The highest BCUT2D eigenvalue weighted by Gasteiger charge is 2.15. The smallest absolute Gasteiger partial charge is 0.240 e. The zero-order valence-electron chi connectivity index (χ0n) is 14.6. The molecule has 0 aliphatic rings. The molecule has 1 heterocycles. The maximum Gasteiger partial charge on any atom is 0.240 e. The minimum absolute atomic E-state index is 0.268. The number of aromatic nitrogens is 3. The second-order valence-corrected chi connectivity index (χ2v) is 8.54. The Morgan fingerprint density at radius 3 is 2.42 bits per heavy atom. The van der Waals surface area contributed by atoms with Crippen molar-refractivity contribution < 1.29 is 8.42 Å². The van der Waals surface area contributed by atoms with Crippen molar-refractivity contribution in [3.63, 3.8) is 0 Å². The third-order valence-corrected chi connectivity index (χ3v) is 6.24. The van der Waals surface area contributed by atoms with Crippen molar-refractivity contribution in [3.8, 4) is 5.69 Å². The van der Waals surface area contributed by atoms with Crippen LogP contribution in [-0.4, -0.2) is 35.5 Å². The van der Waals surface area contributed by atoms with E-state index in [0.717, 1.165) is 22.2 Å². The molecular formula is C18H20N4O2S2. The zero-order chi connectivity index (χ0) is 18.6. The summed E-state index contributed by atoms with van der Waals surface area (Å²) in [7, 11) is -3.48. The van der Waals surface area contributed by atoms with E-state index in [-0.39, 0.29) is 4.90 Å². The molecule has 1 aromatic heterocycles. The lowest BCUT2D eigenvalue weighted by molar-refractivity contribution is 0.584. The monoisotopic (exact) mass is 388 g/mol.